The van der Waals surface area contributed by atoms with E-state index in [4.69, 9.17) is 20.2 Å². The second-order valence-corrected chi connectivity index (χ2v) is 5.68. The van der Waals surface area contributed by atoms with Crippen molar-refractivity contribution in [2.45, 2.75) is 19.6 Å². The first-order valence-electron chi connectivity index (χ1n) is 7.86. The lowest BCUT2D eigenvalue weighted by Gasteiger charge is -2.08. The first kappa shape index (κ1) is 20.7. The number of rotatable bonds is 3. The number of anilines is 1. The number of pyridine rings is 1. The quantitative estimate of drug-likeness (QED) is 0.705. The molecule has 0 radical (unpaired) electrons. The molecular formula is C18H16F3N3O4. The Labute approximate surface area is 156 Å². The monoisotopic (exact) mass is 395 g/mol. The summed E-state index contributed by atoms with van der Waals surface area (Å²) in [7, 11) is 0. The number of aliphatic carboxylic acids is 1. The van der Waals surface area contributed by atoms with Crippen molar-refractivity contribution in [2.75, 3.05) is 5.73 Å². The smallest absolute Gasteiger partial charge is 0.475 e. The SMILES string of the molecule is Cc1noc(N)c1-c1ccc(=O)n(Cc2ccccc2)c1.O=C(O)C(F)(F)F. The van der Waals surface area contributed by atoms with Gasteiger partial charge in [0.1, 0.15) is 0 Å². The number of nitrogens with two attached hydrogens (primary N) is 1. The van der Waals surface area contributed by atoms with Crippen molar-refractivity contribution in [1.82, 2.24) is 9.72 Å². The maximum Gasteiger partial charge on any atom is 0.490 e. The van der Waals surface area contributed by atoms with Crippen molar-refractivity contribution in [3.8, 4) is 11.1 Å². The molecule has 148 valence electrons. The minimum atomic E-state index is -5.08. The molecule has 3 N–H and O–H groups in total. The van der Waals surface area contributed by atoms with Crippen LogP contribution in [0.5, 0.6) is 0 Å². The van der Waals surface area contributed by atoms with Crippen LogP contribution in [0.25, 0.3) is 11.1 Å². The van der Waals surface area contributed by atoms with E-state index in [-0.39, 0.29) is 11.4 Å². The third-order valence-corrected chi connectivity index (χ3v) is 3.60. The fourth-order valence-corrected chi connectivity index (χ4v) is 2.32. The molecule has 0 aliphatic rings. The number of alkyl halides is 3. The molecule has 0 bridgehead atoms. The van der Waals surface area contributed by atoms with Gasteiger partial charge in [-0.25, -0.2) is 4.79 Å². The molecule has 0 saturated heterocycles. The topological polar surface area (TPSA) is 111 Å². The van der Waals surface area contributed by atoms with Crippen molar-refractivity contribution >= 4 is 11.9 Å². The highest BCUT2D eigenvalue weighted by atomic mass is 19.4. The van der Waals surface area contributed by atoms with E-state index in [1.807, 2.05) is 37.3 Å². The minimum Gasteiger partial charge on any atom is -0.475 e. The third-order valence-electron chi connectivity index (χ3n) is 3.60. The number of aryl methyl sites for hydroxylation is 1. The van der Waals surface area contributed by atoms with Gasteiger partial charge in [-0.1, -0.05) is 35.5 Å². The first-order chi connectivity index (χ1) is 13.1. The van der Waals surface area contributed by atoms with Crippen LogP contribution in [0.3, 0.4) is 0 Å². The van der Waals surface area contributed by atoms with E-state index in [1.165, 1.54) is 6.07 Å². The van der Waals surface area contributed by atoms with Crippen LogP contribution in [0.15, 0.2) is 58.0 Å². The second kappa shape index (κ2) is 8.42. The van der Waals surface area contributed by atoms with Gasteiger partial charge in [0, 0.05) is 17.8 Å². The highest BCUT2D eigenvalue weighted by molar-refractivity contribution is 5.74. The largest absolute Gasteiger partial charge is 0.490 e. The van der Waals surface area contributed by atoms with Gasteiger partial charge in [-0.2, -0.15) is 13.2 Å². The summed E-state index contributed by atoms with van der Waals surface area (Å²) in [6.45, 7) is 2.33. The van der Waals surface area contributed by atoms with Crippen LogP contribution >= 0.6 is 0 Å². The lowest BCUT2D eigenvalue weighted by molar-refractivity contribution is -0.192. The molecular weight excluding hydrogens is 379 g/mol. The van der Waals surface area contributed by atoms with Gasteiger partial charge in [-0.05, 0) is 18.6 Å². The van der Waals surface area contributed by atoms with Crippen LogP contribution in [0.2, 0.25) is 0 Å². The first-order valence-corrected chi connectivity index (χ1v) is 7.86. The van der Waals surface area contributed by atoms with E-state index in [9.17, 15) is 18.0 Å². The van der Waals surface area contributed by atoms with Crippen LogP contribution in [-0.4, -0.2) is 27.0 Å². The van der Waals surface area contributed by atoms with Crippen molar-refractivity contribution in [1.29, 1.82) is 0 Å². The van der Waals surface area contributed by atoms with Crippen molar-refractivity contribution in [2.24, 2.45) is 0 Å². The predicted molar refractivity (Wildman–Crippen MR) is 94.6 cm³/mol. The summed E-state index contributed by atoms with van der Waals surface area (Å²) in [4.78, 5) is 20.9. The minimum absolute atomic E-state index is 0.0599. The summed E-state index contributed by atoms with van der Waals surface area (Å²) < 4.78 is 38.4. The van der Waals surface area contributed by atoms with E-state index in [2.05, 4.69) is 5.16 Å². The van der Waals surface area contributed by atoms with E-state index in [0.717, 1.165) is 16.7 Å². The van der Waals surface area contributed by atoms with Gasteiger partial charge in [-0.15, -0.1) is 0 Å². The fourth-order valence-electron chi connectivity index (χ4n) is 2.32. The summed E-state index contributed by atoms with van der Waals surface area (Å²) in [5.41, 5.74) is 9.06. The summed E-state index contributed by atoms with van der Waals surface area (Å²) in [5.74, 6) is -2.50. The zero-order valence-corrected chi connectivity index (χ0v) is 14.6. The van der Waals surface area contributed by atoms with Crippen molar-refractivity contribution in [3.63, 3.8) is 0 Å². The molecule has 0 fully saturated rings. The molecule has 1 aromatic carbocycles. The molecule has 0 aliphatic heterocycles. The zero-order chi connectivity index (χ0) is 20.9. The molecule has 2 aromatic heterocycles. The standard InChI is InChI=1S/C16H15N3O2.C2HF3O2/c1-11-15(16(17)21-18-11)13-7-8-14(20)19(10-13)9-12-5-3-2-4-6-12;3-2(4,5)1(6)7/h2-8,10H,9,17H2,1H3;(H,6,7). The van der Waals surface area contributed by atoms with E-state index in [0.29, 0.717) is 12.2 Å². The summed E-state index contributed by atoms with van der Waals surface area (Å²) in [6.07, 6.45) is -3.30. The van der Waals surface area contributed by atoms with Crippen molar-refractivity contribution < 1.29 is 27.6 Å². The molecule has 10 heteroatoms. The Morgan fingerprint density at radius 3 is 2.32 bits per heavy atom. The number of hydrogen-bond acceptors (Lipinski definition) is 5. The van der Waals surface area contributed by atoms with Gasteiger partial charge in [0.05, 0.1) is 17.8 Å². The van der Waals surface area contributed by atoms with Gasteiger partial charge >= 0.3 is 12.1 Å². The number of nitrogen functional groups attached to an aromatic ring is 1. The van der Waals surface area contributed by atoms with Crippen LogP contribution in [0, 0.1) is 6.92 Å². The Morgan fingerprint density at radius 2 is 1.82 bits per heavy atom. The van der Waals surface area contributed by atoms with Gasteiger partial charge in [-0.3, -0.25) is 4.79 Å². The Bertz CT molecular complexity index is 991. The molecule has 7 nitrogen and oxygen atoms in total. The van der Waals surface area contributed by atoms with Gasteiger partial charge < -0.3 is 19.9 Å². The van der Waals surface area contributed by atoms with E-state index in [1.54, 1.807) is 16.8 Å². The van der Waals surface area contributed by atoms with E-state index < -0.39 is 12.1 Å². The highest BCUT2D eigenvalue weighted by Crippen LogP contribution is 2.28. The van der Waals surface area contributed by atoms with Gasteiger partial charge in [0.2, 0.25) is 5.88 Å². The molecule has 0 unspecified atom stereocenters. The molecule has 3 aromatic rings. The molecule has 0 spiro atoms. The summed E-state index contributed by atoms with van der Waals surface area (Å²) in [5, 5.41) is 11.0. The Balaban J connectivity index is 0.000000345. The summed E-state index contributed by atoms with van der Waals surface area (Å²) >= 11 is 0. The summed E-state index contributed by atoms with van der Waals surface area (Å²) in [6, 6.07) is 13.1. The number of nitrogens with zero attached hydrogens (tertiary/aromatic N) is 2. The highest BCUT2D eigenvalue weighted by Gasteiger charge is 2.38. The fraction of sp³-hybridized carbons (Fsp3) is 0.167. The molecule has 0 saturated carbocycles. The number of halogens is 3. The van der Waals surface area contributed by atoms with Gasteiger partial charge in [0.25, 0.3) is 5.56 Å². The molecule has 28 heavy (non-hydrogen) atoms. The lowest BCUT2D eigenvalue weighted by Crippen LogP contribution is -2.21. The maximum absolute atomic E-state index is 12.0. The third kappa shape index (κ3) is 5.22. The van der Waals surface area contributed by atoms with Gasteiger partial charge in [0.15, 0.2) is 0 Å². The molecule has 0 aliphatic carbocycles. The van der Waals surface area contributed by atoms with E-state index >= 15 is 0 Å². The number of aromatic nitrogens is 2. The number of carboxylic acid groups (broad SMARTS) is 1. The number of carbonyl (C=O) groups is 1. The second-order valence-electron chi connectivity index (χ2n) is 5.68. The average molecular weight is 395 g/mol. The van der Waals surface area contributed by atoms with Crippen LogP contribution in [-0.2, 0) is 11.3 Å². The Hall–Kier alpha value is -3.56. The van der Waals surface area contributed by atoms with Crippen molar-refractivity contribution in [3.05, 3.63) is 70.3 Å². The van der Waals surface area contributed by atoms with Crippen LogP contribution in [0.1, 0.15) is 11.3 Å². The normalized spacial score (nSPS) is 10.9. The lowest BCUT2D eigenvalue weighted by atomic mass is 10.1. The number of benzene rings is 1. The zero-order valence-electron chi connectivity index (χ0n) is 14.6. The average Bonchev–Trinajstić information content (AvgIpc) is 2.96. The van der Waals surface area contributed by atoms with Crippen LogP contribution in [0.4, 0.5) is 19.1 Å². The van der Waals surface area contributed by atoms with Crippen LogP contribution < -0.4 is 11.3 Å². The number of hydrogen-bond donors (Lipinski definition) is 2. The molecule has 2 heterocycles. The maximum atomic E-state index is 12.0. The Kier molecular flexibility index (Phi) is 6.24. The molecule has 0 amide bonds. The predicted octanol–water partition coefficient (Wildman–Crippen LogP) is 3.08. The molecule has 3 rings (SSSR count). The molecule has 0 atom stereocenters. The Morgan fingerprint density at radius 1 is 1.21 bits per heavy atom. The number of carboxylic acids is 1.